The highest BCUT2D eigenvalue weighted by Gasteiger charge is 2.25. The van der Waals surface area contributed by atoms with Gasteiger partial charge in [0.05, 0.1) is 5.69 Å². The third-order valence-corrected chi connectivity index (χ3v) is 2.99. The molecule has 1 aliphatic carbocycles. The van der Waals surface area contributed by atoms with Gasteiger partial charge in [0.15, 0.2) is 0 Å². The van der Waals surface area contributed by atoms with Crippen molar-refractivity contribution in [1.82, 2.24) is 9.55 Å². The molecule has 1 saturated carbocycles. The van der Waals surface area contributed by atoms with Crippen molar-refractivity contribution in [3.05, 3.63) is 62.9 Å². The maximum Gasteiger partial charge on any atom is 0.333 e. The van der Waals surface area contributed by atoms with Crippen LogP contribution in [0, 0.1) is 0 Å². The van der Waals surface area contributed by atoms with Crippen LogP contribution in [0.15, 0.2) is 46.0 Å². The number of rotatable bonds is 2. The van der Waals surface area contributed by atoms with Gasteiger partial charge in [-0.15, -0.1) is 0 Å². The first-order valence-electron chi connectivity index (χ1n) is 5.67. The molecule has 1 N–H and O–H groups in total. The molecule has 0 unspecified atom stereocenters. The van der Waals surface area contributed by atoms with E-state index in [4.69, 9.17) is 0 Å². The molecule has 86 valence electrons. The van der Waals surface area contributed by atoms with Gasteiger partial charge in [-0.1, -0.05) is 18.2 Å². The van der Waals surface area contributed by atoms with Gasteiger partial charge in [0.25, 0.3) is 5.56 Å². The van der Waals surface area contributed by atoms with E-state index < -0.39 is 0 Å². The Balaban J connectivity index is 2.18. The molecule has 0 radical (unpaired) electrons. The molecular formula is C13H12N2O2. The fourth-order valence-corrected chi connectivity index (χ4v) is 1.95. The van der Waals surface area contributed by atoms with E-state index in [1.54, 1.807) is 24.3 Å². The van der Waals surface area contributed by atoms with Gasteiger partial charge in [-0.25, -0.2) is 9.36 Å². The molecule has 0 saturated heterocycles. The lowest BCUT2D eigenvalue weighted by molar-refractivity contribution is 0.833. The molecule has 4 nitrogen and oxygen atoms in total. The monoisotopic (exact) mass is 228 g/mol. The number of H-pyrrole nitrogens is 1. The van der Waals surface area contributed by atoms with E-state index in [0.29, 0.717) is 11.6 Å². The number of aromatic nitrogens is 2. The summed E-state index contributed by atoms with van der Waals surface area (Å²) in [4.78, 5) is 26.6. The lowest BCUT2D eigenvalue weighted by Gasteiger charge is -2.05. The summed E-state index contributed by atoms with van der Waals surface area (Å²) >= 11 is 0. The summed E-state index contributed by atoms with van der Waals surface area (Å²) in [6, 6.07) is 10.5. The Morgan fingerprint density at radius 3 is 2.41 bits per heavy atom. The highest BCUT2D eigenvalue weighted by molar-refractivity contribution is 5.31. The second-order valence-electron chi connectivity index (χ2n) is 4.31. The lowest BCUT2D eigenvalue weighted by atomic mass is 10.2. The SMILES string of the molecule is O=c1cc(C2CC2)[nH]c(=O)n1-c1ccccc1. The van der Waals surface area contributed by atoms with Crippen LogP contribution in [-0.2, 0) is 0 Å². The van der Waals surface area contributed by atoms with Gasteiger partial charge < -0.3 is 4.98 Å². The third kappa shape index (κ3) is 1.82. The van der Waals surface area contributed by atoms with Crippen LogP contribution >= 0.6 is 0 Å². The molecule has 17 heavy (non-hydrogen) atoms. The number of nitrogens with zero attached hydrogens (tertiary/aromatic N) is 1. The Morgan fingerprint density at radius 1 is 1.12 bits per heavy atom. The average molecular weight is 228 g/mol. The minimum Gasteiger partial charge on any atom is -0.310 e. The van der Waals surface area contributed by atoms with E-state index in [1.807, 2.05) is 6.07 Å². The van der Waals surface area contributed by atoms with E-state index in [1.165, 1.54) is 6.07 Å². The molecule has 0 spiro atoms. The molecule has 1 aromatic carbocycles. The van der Waals surface area contributed by atoms with Crippen LogP contribution in [0.1, 0.15) is 24.5 Å². The molecule has 1 fully saturated rings. The minimum atomic E-state index is -0.356. The highest BCUT2D eigenvalue weighted by atomic mass is 16.2. The summed E-state index contributed by atoms with van der Waals surface area (Å²) in [7, 11) is 0. The van der Waals surface area contributed by atoms with Crippen molar-refractivity contribution in [3.63, 3.8) is 0 Å². The van der Waals surface area contributed by atoms with Crippen molar-refractivity contribution < 1.29 is 0 Å². The molecule has 0 bridgehead atoms. The number of aromatic amines is 1. The van der Waals surface area contributed by atoms with E-state index in [2.05, 4.69) is 4.98 Å². The van der Waals surface area contributed by atoms with Gasteiger partial charge in [0, 0.05) is 11.8 Å². The Kier molecular flexibility index (Phi) is 2.21. The predicted molar refractivity (Wildman–Crippen MR) is 64.6 cm³/mol. The fourth-order valence-electron chi connectivity index (χ4n) is 1.95. The van der Waals surface area contributed by atoms with Crippen LogP contribution in [-0.4, -0.2) is 9.55 Å². The molecular weight excluding hydrogens is 216 g/mol. The summed E-state index contributed by atoms with van der Waals surface area (Å²) in [6.07, 6.45) is 2.12. The highest BCUT2D eigenvalue weighted by Crippen LogP contribution is 2.37. The van der Waals surface area contributed by atoms with E-state index in [9.17, 15) is 9.59 Å². The van der Waals surface area contributed by atoms with Crippen LogP contribution in [0.5, 0.6) is 0 Å². The molecule has 1 aromatic heterocycles. The second kappa shape index (κ2) is 3.73. The molecule has 3 rings (SSSR count). The van der Waals surface area contributed by atoms with Crippen LogP contribution in [0.25, 0.3) is 5.69 Å². The Morgan fingerprint density at radius 2 is 1.82 bits per heavy atom. The van der Waals surface area contributed by atoms with Gasteiger partial charge in [0.2, 0.25) is 0 Å². The first-order chi connectivity index (χ1) is 8.25. The number of para-hydroxylation sites is 1. The van der Waals surface area contributed by atoms with Gasteiger partial charge in [0.1, 0.15) is 0 Å². The van der Waals surface area contributed by atoms with Crippen molar-refractivity contribution in [3.8, 4) is 5.69 Å². The molecule has 0 amide bonds. The number of hydrogen-bond donors (Lipinski definition) is 1. The van der Waals surface area contributed by atoms with E-state index in [-0.39, 0.29) is 11.2 Å². The zero-order valence-corrected chi connectivity index (χ0v) is 9.22. The number of nitrogens with one attached hydrogen (secondary N) is 1. The summed E-state index contributed by atoms with van der Waals surface area (Å²) in [5, 5.41) is 0. The topological polar surface area (TPSA) is 54.9 Å². The van der Waals surface area contributed by atoms with Crippen molar-refractivity contribution >= 4 is 0 Å². The van der Waals surface area contributed by atoms with Gasteiger partial charge in [-0.2, -0.15) is 0 Å². The van der Waals surface area contributed by atoms with Crippen LogP contribution < -0.4 is 11.2 Å². The first kappa shape index (κ1) is 10.1. The molecule has 4 heteroatoms. The number of benzene rings is 1. The van der Waals surface area contributed by atoms with E-state index >= 15 is 0 Å². The maximum atomic E-state index is 11.9. The first-order valence-corrected chi connectivity index (χ1v) is 5.67. The van der Waals surface area contributed by atoms with Gasteiger partial charge >= 0.3 is 5.69 Å². The summed E-state index contributed by atoms with van der Waals surface area (Å²) < 4.78 is 1.16. The zero-order valence-electron chi connectivity index (χ0n) is 9.22. The maximum absolute atomic E-state index is 11.9. The van der Waals surface area contributed by atoms with E-state index in [0.717, 1.165) is 23.1 Å². The summed E-state index contributed by atoms with van der Waals surface area (Å²) in [5.74, 6) is 0.376. The normalized spacial score (nSPS) is 14.8. The molecule has 1 aliphatic rings. The summed E-state index contributed by atoms with van der Waals surface area (Å²) in [6.45, 7) is 0. The van der Waals surface area contributed by atoms with Crippen LogP contribution in [0.4, 0.5) is 0 Å². The molecule has 0 atom stereocenters. The number of hydrogen-bond acceptors (Lipinski definition) is 2. The largest absolute Gasteiger partial charge is 0.333 e. The minimum absolute atomic E-state index is 0.262. The fraction of sp³-hybridized carbons (Fsp3) is 0.231. The quantitative estimate of drug-likeness (QED) is 0.844. The van der Waals surface area contributed by atoms with Gasteiger partial charge in [-0.05, 0) is 30.9 Å². The lowest BCUT2D eigenvalue weighted by Crippen LogP contribution is -2.33. The molecule has 2 aromatic rings. The van der Waals surface area contributed by atoms with Crippen molar-refractivity contribution in [2.45, 2.75) is 18.8 Å². The van der Waals surface area contributed by atoms with Crippen LogP contribution in [0.2, 0.25) is 0 Å². The standard InChI is InChI=1S/C13H12N2O2/c16-12-8-11(9-6-7-9)14-13(17)15(12)10-4-2-1-3-5-10/h1-5,8-9H,6-7H2,(H,14,17). The van der Waals surface area contributed by atoms with Crippen molar-refractivity contribution in [2.24, 2.45) is 0 Å². The molecule has 1 heterocycles. The van der Waals surface area contributed by atoms with Crippen molar-refractivity contribution in [1.29, 1.82) is 0 Å². The Labute approximate surface area is 97.5 Å². The van der Waals surface area contributed by atoms with Crippen LogP contribution in [0.3, 0.4) is 0 Å². The third-order valence-electron chi connectivity index (χ3n) is 2.99. The van der Waals surface area contributed by atoms with Crippen molar-refractivity contribution in [2.75, 3.05) is 0 Å². The Hall–Kier alpha value is -2.10. The molecule has 0 aliphatic heterocycles. The smallest absolute Gasteiger partial charge is 0.310 e. The predicted octanol–water partition coefficient (Wildman–Crippen LogP) is 1.40. The second-order valence-corrected chi connectivity index (χ2v) is 4.31. The average Bonchev–Trinajstić information content (AvgIpc) is 3.13. The van der Waals surface area contributed by atoms with Gasteiger partial charge in [-0.3, -0.25) is 4.79 Å². The zero-order chi connectivity index (χ0) is 11.8. The summed E-state index contributed by atoms with van der Waals surface area (Å²) in [5.41, 5.74) is 0.751. The Bertz CT molecular complexity index is 620.